The van der Waals surface area contributed by atoms with E-state index in [4.69, 9.17) is 71.0 Å². The summed E-state index contributed by atoms with van der Waals surface area (Å²) in [4.78, 5) is 0. The van der Waals surface area contributed by atoms with Crippen LogP contribution in [-0.4, -0.2) is 0 Å². The van der Waals surface area contributed by atoms with E-state index in [1.807, 2.05) is 0 Å². The fourth-order valence-corrected chi connectivity index (χ4v) is 0. The first kappa shape index (κ1) is 88.5. The van der Waals surface area contributed by atoms with Crippen molar-refractivity contribution in [1.29, 1.82) is 31.6 Å². The van der Waals surface area contributed by atoms with Gasteiger partial charge in [0.15, 0.2) is 0 Å². The van der Waals surface area contributed by atoms with Crippen molar-refractivity contribution in [3.05, 3.63) is 39.4 Å². The van der Waals surface area contributed by atoms with Crippen LogP contribution in [0, 0.1) is 71.0 Å². The van der Waals surface area contributed by atoms with Gasteiger partial charge in [0, 0.05) is 20.1 Å². The summed E-state index contributed by atoms with van der Waals surface area (Å²) in [6.07, 6.45) is 0. The summed E-state index contributed by atoms with van der Waals surface area (Å²) in [6, 6.07) is 0. The molecule has 0 N–H and O–H groups in total. The van der Waals surface area contributed by atoms with E-state index in [1.165, 1.54) is 0 Å². The van der Waals surface area contributed by atoms with Crippen molar-refractivity contribution in [3.8, 4) is 0 Å². The predicted molar refractivity (Wildman–Crippen MR) is 29.8 cm³/mol. The van der Waals surface area contributed by atoms with Gasteiger partial charge < -0.3 is 71.0 Å². The summed E-state index contributed by atoms with van der Waals surface area (Å²) in [5.41, 5.74) is 0. The fourth-order valence-electron chi connectivity index (χ4n) is 0. The minimum absolute atomic E-state index is 0. The first-order valence-corrected chi connectivity index (χ1v) is 1.34. The molecule has 0 rings (SSSR count). The van der Waals surface area contributed by atoms with E-state index in [2.05, 4.69) is 0 Å². The van der Waals surface area contributed by atoms with Gasteiger partial charge in [-0.25, -0.2) is 0 Å². The van der Waals surface area contributed by atoms with Crippen LogP contribution in [0.3, 0.4) is 0 Å². The van der Waals surface area contributed by atoms with Crippen LogP contribution in [0.15, 0.2) is 0 Å². The molecule has 6 nitrogen and oxygen atoms in total. The molecule has 14 heavy (non-hydrogen) atoms. The Morgan fingerprint density at radius 3 is 0.357 bits per heavy atom. The van der Waals surface area contributed by atoms with Crippen LogP contribution in [0.4, 0.5) is 0 Å². The molecule has 0 aliphatic carbocycles. The molecule has 0 aliphatic rings. The number of hydrogen-bond donors (Lipinski definition) is 0. The van der Waals surface area contributed by atoms with E-state index >= 15 is 0 Å². The zero-order chi connectivity index (χ0) is 12.0. The van der Waals surface area contributed by atoms with Crippen molar-refractivity contribution in [2.24, 2.45) is 0 Å². The molecule has 0 bridgehead atoms. The van der Waals surface area contributed by atoms with E-state index in [9.17, 15) is 0 Å². The maximum absolute atomic E-state index is 6.25. The van der Waals surface area contributed by atoms with E-state index in [-0.39, 0.29) is 37.2 Å². The van der Waals surface area contributed by atoms with Gasteiger partial charge >= 0.3 is 17.1 Å². The third-order valence-corrected chi connectivity index (χ3v) is 0. The van der Waals surface area contributed by atoms with Crippen molar-refractivity contribution in [2.75, 3.05) is 0 Å². The molecular formula is C6FeIrN6-4. The normalized spacial score (nSPS) is 0.857. The predicted octanol–water partition coefficient (Wildman–Crippen LogP) is 0.573. The van der Waals surface area contributed by atoms with Gasteiger partial charge in [0.1, 0.15) is 0 Å². The molecule has 0 aromatic rings. The van der Waals surface area contributed by atoms with Gasteiger partial charge in [-0.15, -0.1) is 0 Å². The van der Waals surface area contributed by atoms with Crippen LogP contribution in [0.25, 0.3) is 0 Å². The summed E-state index contributed by atoms with van der Waals surface area (Å²) in [6.45, 7) is 28.5. The number of nitrogens with zero attached hydrogens (tertiary/aromatic N) is 6. The van der Waals surface area contributed by atoms with Crippen molar-refractivity contribution in [1.82, 2.24) is 0 Å². The average Bonchev–Trinajstić information content (AvgIpc) is 2.33. The third-order valence-electron chi connectivity index (χ3n) is 0. The van der Waals surface area contributed by atoms with Gasteiger partial charge in [-0.2, -0.15) is 0 Å². The van der Waals surface area contributed by atoms with Crippen molar-refractivity contribution >= 4 is 0 Å². The minimum atomic E-state index is 0. The van der Waals surface area contributed by atoms with Gasteiger partial charge in [-0.1, -0.05) is 0 Å². The first-order valence-electron chi connectivity index (χ1n) is 1.34. The van der Waals surface area contributed by atoms with Crippen LogP contribution < -0.4 is 0 Å². The zero-order valence-electron chi connectivity index (χ0n) is 6.37. The molecule has 75 valence electrons. The van der Waals surface area contributed by atoms with Crippen LogP contribution in [0.5, 0.6) is 0 Å². The van der Waals surface area contributed by atoms with E-state index in [0.717, 1.165) is 0 Å². The Morgan fingerprint density at radius 1 is 0.357 bits per heavy atom. The maximum Gasteiger partial charge on any atom is 2.00 e. The summed E-state index contributed by atoms with van der Waals surface area (Å²) in [5.74, 6) is 0. The standard InChI is InChI=1S/6CN.Fe.Ir/c6*1-2;;/q6*-1;+2;. The summed E-state index contributed by atoms with van der Waals surface area (Å²) >= 11 is 0. The van der Waals surface area contributed by atoms with Gasteiger partial charge in [0.25, 0.3) is 0 Å². The molecule has 0 spiro atoms. The monoisotopic (exact) mass is 405 g/mol. The minimum Gasteiger partial charge on any atom is -0.512 e. The molecule has 0 unspecified atom stereocenters. The van der Waals surface area contributed by atoms with Crippen LogP contribution in [-0.2, 0) is 37.2 Å². The molecule has 0 aromatic carbocycles. The SMILES string of the molecule is [C-]#N.[C-]#N.[C-]#N.[C-]#N.[C-]#N.[C-]#N.[Fe+2].[Ir]. The summed E-state index contributed by atoms with van der Waals surface area (Å²) < 4.78 is 0. The molecule has 0 fully saturated rings. The summed E-state index contributed by atoms with van der Waals surface area (Å²) in [7, 11) is 0. The topological polar surface area (TPSA) is 143 Å². The smallest absolute Gasteiger partial charge is 0.512 e. The van der Waals surface area contributed by atoms with Crippen molar-refractivity contribution < 1.29 is 37.2 Å². The average molecular weight is 404 g/mol. The molecule has 0 aliphatic heterocycles. The second kappa shape index (κ2) is 317. The first-order chi connectivity index (χ1) is 6.00. The van der Waals surface area contributed by atoms with Crippen LogP contribution >= 0.6 is 0 Å². The van der Waals surface area contributed by atoms with Gasteiger partial charge in [0.2, 0.25) is 0 Å². The van der Waals surface area contributed by atoms with Gasteiger partial charge in [-0.3, -0.25) is 0 Å². The molecule has 0 atom stereocenters. The van der Waals surface area contributed by atoms with Gasteiger partial charge in [-0.05, 0) is 0 Å². The molecule has 8 heteroatoms. The van der Waals surface area contributed by atoms with Gasteiger partial charge in [0.05, 0.1) is 0 Å². The fraction of sp³-hybridized carbons (Fsp3) is 0. The zero-order valence-corrected chi connectivity index (χ0v) is 9.87. The number of rotatable bonds is 0. The Morgan fingerprint density at radius 2 is 0.357 bits per heavy atom. The Bertz CT molecular complexity index is 97.3. The molecule has 0 saturated heterocycles. The largest absolute Gasteiger partial charge is 2.00 e. The van der Waals surface area contributed by atoms with Crippen molar-refractivity contribution in [2.45, 2.75) is 0 Å². The molecule has 0 amide bonds. The van der Waals surface area contributed by atoms with E-state index in [0.29, 0.717) is 0 Å². The third kappa shape index (κ3) is 235. The molecule has 0 heterocycles. The Kier molecular flexibility index (Phi) is 2010. The quantitative estimate of drug-likeness (QED) is 0.427. The van der Waals surface area contributed by atoms with Crippen molar-refractivity contribution in [3.63, 3.8) is 0 Å². The number of hydrogen-bond acceptors (Lipinski definition) is 6. The summed E-state index contributed by atoms with van der Waals surface area (Å²) in [5, 5.41) is 37.5. The Labute approximate surface area is 108 Å². The molecular weight excluding hydrogens is 404 g/mol. The van der Waals surface area contributed by atoms with Crippen LogP contribution in [0.2, 0.25) is 0 Å². The second-order valence-electron chi connectivity index (χ2n) is 0. The molecule has 0 aromatic heterocycles. The Balaban J connectivity index is -0.00000000500. The van der Waals surface area contributed by atoms with E-state index < -0.39 is 0 Å². The molecule has 1 radical (unpaired) electrons. The second-order valence-corrected chi connectivity index (χ2v) is 0. The molecule has 0 saturated carbocycles. The maximum atomic E-state index is 6.25. The van der Waals surface area contributed by atoms with E-state index in [1.54, 1.807) is 0 Å². The van der Waals surface area contributed by atoms with Crippen LogP contribution in [0.1, 0.15) is 0 Å². The Hall–Kier alpha value is -1.89.